The van der Waals surface area contributed by atoms with Gasteiger partial charge in [-0.25, -0.2) is 4.79 Å². The number of rotatable bonds is 1. The van der Waals surface area contributed by atoms with Gasteiger partial charge in [0.05, 0.1) is 19.1 Å². The van der Waals surface area contributed by atoms with Crippen molar-refractivity contribution >= 4 is 11.9 Å². The molecule has 1 aliphatic heterocycles. The van der Waals surface area contributed by atoms with Gasteiger partial charge in [0.25, 0.3) is 0 Å². The van der Waals surface area contributed by atoms with E-state index in [-0.39, 0.29) is 12.0 Å². The Morgan fingerprint density at radius 3 is 2.90 bits per heavy atom. The molecule has 4 heteroatoms. The van der Waals surface area contributed by atoms with Gasteiger partial charge in [-0.2, -0.15) is 0 Å². The standard InChI is InChI=1S/C6H6O4/c1-9-6(8)4-2-5(7)10-3-4/h3H,2H2,1H3. The van der Waals surface area contributed by atoms with E-state index in [0.717, 1.165) is 6.26 Å². The van der Waals surface area contributed by atoms with Crippen LogP contribution >= 0.6 is 0 Å². The van der Waals surface area contributed by atoms with Crippen molar-refractivity contribution in [1.29, 1.82) is 0 Å². The molecular weight excluding hydrogens is 136 g/mol. The first-order valence-electron chi connectivity index (χ1n) is 2.71. The highest BCUT2D eigenvalue weighted by Gasteiger charge is 2.21. The molecule has 0 unspecified atom stereocenters. The zero-order valence-electron chi connectivity index (χ0n) is 5.42. The molecule has 1 heterocycles. The third-order valence-electron chi connectivity index (χ3n) is 1.12. The smallest absolute Gasteiger partial charge is 0.337 e. The van der Waals surface area contributed by atoms with E-state index in [1.54, 1.807) is 0 Å². The van der Waals surface area contributed by atoms with Crippen molar-refractivity contribution in [1.82, 2.24) is 0 Å². The second-order valence-electron chi connectivity index (χ2n) is 1.80. The summed E-state index contributed by atoms with van der Waals surface area (Å²) in [6.45, 7) is 0. The van der Waals surface area contributed by atoms with E-state index in [0.29, 0.717) is 0 Å². The van der Waals surface area contributed by atoms with Crippen molar-refractivity contribution in [3.05, 3.63) is 11.8 Å². The van der Waals surface area contributed by atoms with Crippen LogP contribution in [0.3, 0.4) is 0 Å². The van der Waals surface area contributed by atoms with Gasteiger partial charge in [-0.3, -0.25) is 4.79 Å². The van der Waals surface area contributed by atoms with Crippen LogP contribution in [0.4, 0.5) is 0 Å². The summed E-state index contributed by atoms with van der Waals surface area (Å²) >= 11 is 0. The highest BCUT2D eigenvalue weighted by atomic mass is 16.5. The quantitative estimate of drug-likeness (QED) is 0.483. The molecule has 1 rings (SSSR count). The molecule has 0 aliphatic carbocycles. The molecule has 0 saturated heterocycles. The Labute approximate surface area is 57.4 Å². The number of carbonyl (C=O) groups excluding carboxylic acids is 2. The molecule has 0 N–H and O–H groups in total. The molecular formula is C6H6O4. The zero-order valence-corrected chi connectivity index (χ0v) is 5.42. The lowest BCUT2D eigenvalue weighted by atomic mass is 10.2. The zero-order chi connectivity index (χ0) is 7.56. The molecule has 0 spiro atoms. The van der Waals surface area contributed by atoms with E-state index in [1.807, 2.05) is 0 Å². The summed E-state index contributed by atoms with van der Waals surface area (Å²) in [5, 5.41) is 0. The van der Waals surface area contributed by atoms with Gasteiger partial charge in [-0.15, -0.1) is 0 Å². The summed E-state index contributed by atoms with van der Waals surface area (Å²) in [5.41, 5.74) is 0.271. The average Bonchev–Trinajstić information content (AvgIpc) is 2.34. The maximum atomic E-state index is 10.6. The third-order valence-corrected chi connectivity index (χ3v) is 1.12. The molecule has 0 saturated carbocycles. The molecule has 0 atom stereocenters. The predicted octanol–water partition coefficient (Wildman–Crippen LogP) is -0.00980. The lowest BCUT2D eigenvalue weighted by molar-refractivity contribution is -0.138. The van der Waals surface area contributed by atoms with Crippen molar-refractivity contribution in [3.8, 4) is 0 Å². The maximum absolute atomic E-state index is 10.6. The van der Waals surface area contributed by atoms with Crippen LogP contribution in [-0.4, -0.2) is 19.0 Å². The first kappa shape index (κ1) is 6.80. The fraction of sp³-hybridized carbons (Fsp3) is 0.333. The van der Waals surface area contributed by atoms with Gasteiger partial charge in [-0.1, -0.05) is 0 Å². The Morgan fingerprint density at radius 2 is 2.50 bits per heavy atom. The topological polar surface area (TPSA) is 52.6 Å². The molecule has 10 heavy (non-hydrogen) atoms. The minimum atomic E-state index is -0.508. The lowest BCUT2D eigenvalue weighted by Crippen LogP contribution is -2.03. The van der Waals surface area contributed by atoms with E-state index in [9.17, 15) is 9.59 Å². The van der Waals surface area contributed by atoms with Crippen molar-refractivity contribution < 1.29 is 19.1 Å². The van der Waals surface area contributed by atoms with E-state index < -0.39 is 11.9 Å². The van der Waals surface area contributed by atoms with Gasteiger partial charge >= 0.3 is 11.9 Å². The van der Waals surface area contributed by atoms with Crippen LogP contribution in [0.15, 0.2) is 11.8 Å². The average molecular weight is 142 g/mol. The molecule has 0 amide bonds. The van der Waals surface area contributed by atoms with Gasteiger partial charge in [0.1, 0.15) is 6.26 Å². The Hall–Kier alpha value is -1.32. The fourth-order valence-electron chi connectivity index (χ4n) is 0.627. The van der Waals surface area contributed by atoms with Crippen LogP contribution < -0.4 is 0 Å². The second-order valence-corrected chi connectivity index (χ2v) is 1.80. The summed E-state index contributed by atoms with van der Waals surface area (Å²) < 4.78 is 8.73. The van der Waals surface area contributed by atoms with Gasteiger partial charge < -0.3 is 9.47 Å². The van der Waals surface area contributed by atoms with Crippen molar-refractivity contribution in [3.63, 3.8) is 0 Å². The van der Waals surface area contributed by atoms with Gasteiger partial charge in [0.15, 0.2) is 0 Å². The predicted molar refractivity (Wildman–Crippen MR) is 30.8 cm³/mol. The summed E-state index contributed by atoms with van der Waals surface area (Å²) in [5.74, 6) is -0.925. The first-order valence-corrected chi connectivity index (χ1v) is 2.71. The van der Waals surface area contributed by atoms with Crippen LogP contribution in [0.5, 0.6) is 0 Å². The maximum Gasteiger partial charge on any atom is 0.337 e. The Balaban J connectivity index is 2.59. The van der Waals surface area contributed by atoms with Crippen LogP contribution in [0.25, 0.3) is 0 Å². The van der Waals surface area contributed by atoms with Crippen LogP contribution in [0.2, 0.25) is 0 Å². The third kappa shape index (κ3) is 1.15. The number of cyclic esters (lactones) is 1. The second kappa shape index (κ2) is 2.51. The largest absolute Gasteiger partial charge is 0.466 e. The summed E-state index contributed by atoms with van der Waals surface area (Å²) in [4.78, 5) is 21.0. The number of esters is 2. The molecule has 0 radical (unpaired) electrons. The molecule has 54 valence electrons. The van der Waals surface area contributed by atoms with E-state index in [4.69, 9.17) is 0 Å². The first-order chi connectivity index (χ1) is 4.74. The molecule has 0 fully saturated rings. The van der Waals surface area contributed by atoms with Gasteiger partial charge in [0.2, 0.25) is 0 Å². The minimum Gasteiger partial charge on any atom is -0.466 e. The highest BCUT2D eigenvalue weighted by Crippen LogP contribution is 2.12. The van der Waals surface area contributed by atoms with E-state index in [1.165, 1.54) is 7.11 Å². The van der Waals surface area contributed by atoms with E-state index >= 15 is 0 Å². The Morgan fingerprint density at radius 1 is 1.80 bits per heavy atom. The van der Waals surface area contributed by atoms with Gasteiger partial charge in [-0.05, 0) is 0 Å². The summed E-state index contributed by atoms with van der Waals surface area (Å²) in [6.07, 6.45) is 1.14. The van der Waals surface area contributed by atoms with Crippen molar-refractivity contribution in [2.24, 2.45) is 0 Å². The molecule has 1 aliphatic rings. The monoisotopic (exact) mass is 142 g/mol. The molecule has 0 aromatic carbocycles. The van der Waals surface area contributed by atoms with Crippen LogP contribution in [0, 0.1) is 0 Å². The Bertz CT molecular complexity index is 204. The molecule has 4 nitrogen and oxygen atoms in total. The van der Waals surface area contributed by atoms with Crippen LogP contribution in [0.1, 0.15) is 6.42 Å². The number of methoxy groups -OCH3 is 1. The summed E-state index contributed by atoms with van der Waals surface area (Å²) in [7, 11) is 1.26. The number of hydrogen-bond donors (Lipinski definition) is 0. The van der Waals surface area contributed by atoms with Gasteiger partial charge in [0, 0.05) is 0 Å². The van der Waals surface area contributed by atoms with Crippen molar-refractivity contribution in [2.45, 2.75) is 6.42 Å². The fourth-order valence-corrected chi connectivity index (χ4v) is 0.627. The minimum absolute atomic E-state index is 0.0205. The van der Waals surface area contributed by atoms with E-state index in [2.05, 4.69) is 9.47 Å². The SMILES string of the molecule is COC(=O)C1=COC(=O)C1. The normalized spacial score (nSPS) is 16.1. The molecule has 0 aromatic rings. The summed E-state index contributed by atoms with van der Waals surface area (Å²) in [6, 6.07) is 0. The molecule has 0 bridgehead atoms. The molecule has 0 aromatic heterocycles. The lowest BCUT2D eigenvalue weighted by Gasteiger charge is -1.92. The number of ether oxygens (including phenoxy) is 2. The number of carbonyl (C=O) groups is 2. The number of hydrogen-bond acceptors (Lipinski definition) is 4. The highest BCUT2D eigenvalue weighted by molar-refractivity contribution is 5.95. The van der Waals surface area contributed by atoms with Crippen molar-refractivity contribution in [2.75, 3.05) is 7.11 Å². The van der Waals surface area contributed by atoms with Crippen LogP contribution in [-0.2, 0) is 19.1 Å². The Kier molecular flexibility index (Phi) is 1.71.